The number of nitrogens with one attached hydrogen (secondary N) is 1. The van der Waals surface area contributed by atoms with Gasteiger partial charge in [-0.1, -0.05) is 28.1 Å². The summed E-state index contributed by atoms with van der Waals surface area (Å²) >= 11 is 4.98. The highest BCUT2D eigenvalue weighted by Crippen LogP contribution is 2.39. The number of ether oxygens (including phenoxy) is 2. The fourth-order valence-electron chi connectivity index (χ4n) is 4.02. The lowest BCUT2D eigenvalue weighted by molar-refractivity contribution is -0.115. The van der Waals surface area contributed by atoms with Gasteiger partial charge in [0.05, 0.1) is 26.2 Å². The average molecular weight is 488 g/mol. The molecule has 0 bridgehead atoms. The second kappa shape index (κ2) is 8.78. The van der Waals surface area contributed by atoms with E-state index in [0.717, 1.165) is 52.1 Å². The van der Waals surface area contributed by atoms with E-state index in [9.17, 15) is 9.59 Å². The minimum atomic E-state index is -0.391. The number of rotatable bonds is 5. The number of carbonyl (C=O) groups excluding carboxylic acids is 2. The molecule has 1 N–H and O–H groups in total. The topological polar surface area (TPSA) is 64.6 Å². The molecule has 0 fully saturated rings. The van der Waals surface area contributed by atoms with Crippen molar-refractivity contribution < 1.29 is 19.1 Å². The van der Waals surface area contributed by atoms with Crippen molar-refractivity contribution in [3.8, 4) is 5.75 Å². The minimum absolute atomic E-state index is 0.144. The molecule has 1 aliphatic carbocycles. The van der Waals surface area contributed by atoms with E-state index in [1.165, 1.54) is 23.3 Å². The average Bonchev–Trinajstić information content (AvgIpc) is 3.10. The molecule has 5 nitrogen and oxygen atoms in total. The third-order valence-electron chi connectivity index (χ3n) is 5.42. The highest BCUT2D eigenvalue weighted by atomic mass is 79.9. The Hall–Kier alpha value is -2.38. The number of esters is 1. The number of benzene rings is 2. The van der Waals surface area contributed by atoms with Gasteiger partial charge in [0, 0.05) is 14.9 Å². The number of amides is 1. The molecule has 0 atom stereocenters. The van der Waals surface area contributed by atoms with E-state index < -0.39 is 5.97 Å². The van der Waals surface area contributed by atoms with E-state index in [0.29, 0.717) is 16.3 Å². The summed E-state index contributed by atoms with van der Waals surface area (Å²) < 4.78 is 11.5. The van der Waals surface area contributed by atoms with Crippen LogP contribution in [0.2, 0.25) is 0 Å². The fourth-order valence-corrected chi connectivity index (χ4v) is 5.69. The number of hydrogen-bond donors (Lipinski definition) is 1. The number of halogens is 1. The zero-order valence-electron chi connectivity index (χ0n) is 16.8. The fraction of sp³-hybridized carbons (Fsp3) is 0.304. The third-order valence-corrected chi connectivity index (χ3v) is 7.12. The monoisotopic (exact) mass is 487 g/mol. The van der Waals surface area contributed by atoms with Gasteiger partial charge in [-0.05, 0) is 60.2 Å². The van der Waals surface area contributed by atoms with Gasteiger partial charge in [-0.3, -0.25) is 4.79 Å². The second-order valence-electron chi connectivity index (χ2n) is 7.24. The van der Waals surface area contributed by atoms with Crippen LogP contribution >= 0.6 is 27.3 Å². The Morgan fingerprint density at radius 1 is 1.13 bits per heavy atom. The maximum absolute atomic E-state index is 13.0. The number of methoxy groups -OCH3 is 2. The van der Waals surface area contributed by atoms with Crippen LogP contribution < -0.4 is 10.1 Å². The molecule has 1 amide bonds. The highest BCUT2D eigenvalue weighted by molar-refractivity contribution is 9.10. The molecule has 7 heteroatoms. The van der Waals surface area contributed by atoms with Crippen molar-refractivity contribution >= 4 is 54.9 Å². The van der Waals surface area contributed by atoms with Gasteiger partial charge in [-0.25, -0.2) is 4.79 Å². The molecule has 2 aromatic carbocycles. The zero-order chi connectivity index (χ0) is 21.3. The lowest BCUT2D eigenvalue weighted by Gasteiger charge is -2.13. The molecule has 0 saturated carbocycles. The summed E-state index contributed by atoms with van der Waals surface area (Å²) in [5.41, 5.74) is 2.36. The Morgan fingerprint density at radius 2 is 1.93 bits per heavy atom. The number of thiophene rings is 1. The molecule has 1 aromatic heterocycles. The molecule has 156 valence electrons. The molecule has 0 saturated heterocycles. The van der Waals surface area contributed by atoms with E-state index in [2.05, 4.69) is 21.2 Å². The summed E-state index contributed by atoms with van der Waals surface area (Å²) in [5, 5.41) is 5.54. The summed E-state index contributed by atoms with van der Waals surface area (Å²) in [7, 11) is 2.98. The van der Waals surface area contributed by atoms with Gasteiger partial charge in [0.2, 0.25) is 5.91 Å². The van der Waals surface area contributed by atoms with Gasteiger partial charge >= 0.3 is 5.97 Å². The SMILES string of the molecule is COC(=O)c1c(NC(=O)Cc2c(OC)ccc3cc(Br)ccc23)sc2c1CCCC2. The third kappa shape index (κ3) is 3.96. The first-order valence-electron chi connectivity index (χ1n) is 9.79. The quantitative estimate of drug-likeness (QED) is 0.481. The Bertz CT molecular complexity index is 1140. The van der Waals surface area contributed by atoms with Gasteiger partial charge in [0.15, 0.2) is 0 Å². The molecule has 0 aliphatic heterocycles. The van der Waals surface area contributed by atoms with Crippen molar-refractivity contribution in [2.45, 2.75) is 32.1 Å². The van der Waals surface area contributed by atoms with Crippen molar-refractivity contribution in [2.24, 2.45) is 0 Å². The summed E-state index contributed by atoms with van der Waals surface area (Å²) in [5.74, 6) is 0.0865. The highest BCUT2D eigenvalue weighted by Gasteiger charge is 2.27. The molecule has 3 aromatic rings. The minimum Gasteiger partial charge on any atom is -0.496 e. The van der Waals surface area contributed by atoms with Crippen LogP contribution in [0.15, 0.2) is 34.8 Å². The van der Waals surface area contributed by atoms with E-state index in [4.69, 9.17) is 9.47 Å². The normalized spacial score (nSPS) is 13.0. The van der Waals surface area contributed by atoms with Gasteiger partial charge in [0.1, 0.15) is 10.8 Å². The van der Waals surface area contributed by atoms with Crippen molar-refractivity contribution in [1.29, 1.82) is 0 Å². The lowest BCUT2D eigenvalue weighted by Crippen LogP contribution is -2.17. The summed E-state index contributed by atoms with van der Waals surface area (Å²) in [6.07, 6.45) is 4.07. The summed E-state index contributed by atoms with van der Waals surface area (Å²) in [6, 6.07) is 9.79. The lowest BCUT2D eigenvalue weighted by atomic mass is 9.95. The van der Waals surface area contributed by atoms with Crippen LogP contribution in [0.4, 0.5) is 5.00 Å². The largest absolute Gasteiger partial charge is 0.496 e. The Labute approximate surface area is 187 Å². The van der Waals surface area contributed by atoms with Gasteiger partial charge in [0.25, 0.3) is 0 Å². The van der Waals surface area contributed by atoms with Crippen molar-refractivity contribution in [1.82, 2.24) is 0 Å². The van der Waals surface area contributed by atoms with Crippen LogP contribution in [0, 0.1) is 0 Å². The molecule has 0 spiro atoms. The molecule has 0 radical (unpaired) electrons. The van der Waals surface area contributed by atoms with Crippen LogP contribution in [-0.4, -0.2) is 26.1 Å². The van der Waals surface area contributed by atoms with Crippen molar-refractivity contribution in [2.75, 3.05) is 19.5 Å². The molecular formula is C23H22BrNO4S. The van der Waals surface area contributed by atoms with Crippen LogP contribution in [0.3, 0.4) is 0 Å². The Balaban J connectivity index is 1.66. The molecular weight excluding hydrogens is 466 g/mol. The van der Waals surface area contributed by atoms with E-state index in [1.807, 2.05) is 30.3 Å². The van der Waals surface area contributed by atoms with Crippen LogP contribution in [0.25, 0.3) is 10.8 Å². The van der Waals surface area contributed by atoms with Gasteiger partial charge in [-0.15, -0.1) is 11.3 Å². The number of anilines is 1. The molecule has 4 rings (SSSR count). The summed E-state index contributed by atoms with van der Waals surface area (Å²) in [6.45, 7) is 0. The van der Waals surface area contributed by atoms with E-state index in [-0.39, 0.29) is 12.3 Å². The first-order chi connectivity index (χ1) is 14.5. The van der Waals surface area contributed by atoms with Crippen molar-refractivity contribution in [3.63, 3.8) is 0 Å². The number of hydrogen-bond acceptors (Lipinski definition) is 5. The number of aryl methyl sites for hydroxylation is 1. The van der Waals surface area contributed by atoms with Crippen molar-refractivity contribution in [3.05, 3.63) is 56.4 Å². The first kappa shape index (κ1) is 20.9. The molecule has 0 unspecified atom stereocenters. The number of carbonyl (C=O) groups is 2. The second-order valence-corrected chi connectivity index (χ2v) is 9.26. The van der Waals surface area contributed by atoms with Gasteiger partial charge < -0.3 is 14.8 Å². The van der Waals surface area contributed by atoms with Crippen LogP contribution in [-0.2, 0) is 28.8 Å². The molecule has 30 heavy (non-hydrogen) atoms. The first-order valence-corrected chi connectivity index (χ1v) is 11.4. The zero-order valence-corrected chi connectivity index (χ0v) is 19.2. The maximum Gasteiger partial charge on any atom is 0.341 e. The van der Waals surface area contributed by atoms with E-state index in [1.54, 1.807) is 7.11 Å². The van der Waals surface area contributed by atoms with Gasteiger partial charge in [-0.2, -0.15) is 0 Å². The Kier molecular flexibility index (Phi) is 6.11. The standard InChI is InChI=1S/C23H22BrNO4S/c1-28-18-10-7-13-11-14(24)8-9-15(13)17(18)12-20(26)25-22-21(23(27)29-2)16-5-3-4-6-19(16)30-22/h7-11H,3-6,12H2,1-2H3,(H,25,26). The summed E-state index contributed by atoms with van der Waals surface area (Å²) in [4.78, 5) is 26.6. The van der Waals surface area contributed by atoms with E-state index >= 15 is 0 Å². The number of fused-ring (bicyclic) bond motifs is 2. The Morgan fingerprint density at radius 3 is 2.70 bits per heavy atom. The van der Waals surface area contributed by atoms with Crippen LogP contribution in [0.1, 0.15) is 39.2 Å². The van der Waals surface area contributed by atoms with Crippen LogP contribution in [0.5, 0.6) is 5.75 Å². The smallest absolute Gasteiger partial charge is 0.341 e. The predicted molar refractivity (Wildman–Crippen MR) is 123 cm³/mol. The predicted octanol–water partition coefficient (Wildman–Crippen LogP) is 5.52. The maximum atomic E-state index is 13.0. The molecule has 1 aliphatic rings. The molecule has 1 heterocycles.